The predicted molar refractivity (Wildman–Crippen MR) is 78.5 cm³/mol. The average molecular weight is 288 g/mol. The minimum absolute atomic E-state index is 0.187. The number of benzene rings is 2. The molecule has 2 aromatic rings. The summed E-state index contributed by atoms with van der Waals surface area (Å²) in [4.78, 5) is 11.7. The summed E-state index contributed by atoms with van der Waals surface area (Å²) in [5.74, 6) is -0.256. The van der Waals surface area contributed by atoms with E-state index in [1.165, 1.54) is 19.2 Å². The van der Waals surface area contributed by atoms with Crippen LogP contribution in [0.5, 0.6) is 5.75 Å². The first-order chi connectivity index (χ1) is 10.2. The predicted octanol–water partition coefficient (Wildman–Crippen LogP) is 2.83. The highest BCUT2D eigenvalue weighted by Gasteiger charge is 2.05. The third-order valence-corrected chi connectivity index (χ3v) is 2.97. The standard InChI is InChI=1S/C16H17FN2O2/c1-21-15-8-7-13(9-14(15)17)11-19-16(20)18-10-12-5-3-2-4-6-12/h2-9H,10-11H2,1H3,(H2,18,19,20). The number of hydrogen-bond donors (Lipinski definition) is 2. The van der Waals surface area contributed by atoms with E-state index in [1.807, 2.05) is 30.3 Å². The van der Waals surface area contributed by atoms with Crippen molar-refractivity contribution in [3.63, 3.8) is 0 Å². The Hall–Kier alpha value is -2.56. The zero-order valence-corrected chi connectivity index (χ0v) is 11.7. The summed E-state index contributed by atoms with van der Waals surface area (Å²) in [6, 6.07) is 13.9. The third kappa shape index (κ3) is 4.49. The third-order valence-electron chi connectivity index (χ3n) is 2.97. The minimum Gasteiger partial charge on any atom is -0.494 e. The van der Waals surface area contributed by atoms with Crippen molar-refractivity contribution in [2.45, 2.75) is 13.1 Å². The van der Waals surface area contributed by atoms with Gasteiger partial charge < -0.3 is 15.4 Å². The quantitative estimate of drug-likeness (QED) is 0.889. The molecule has 0 aliphatic carbocycles. The Kier molecular flexibility index (Phi) is 5.15. The van der Waals surface area contributed by atoms with Crippen LogP contribution in [0.25, 0.3) is 0 Å². The van der Waals surface area contributed by atoms with Crippen LogP contribution in [-0.2, 0) is 13.1 Å². The van der Waals surface area contributed by atoms with E-state index in [0.717, 1.165) is 5.56 Å². The Labute approximate surface area is 122 Å². The van der Waals surface area contributed by atoms with E-state index in [-0.39, 0.29) is 18.3 Å². The molecule has 0 unspecified atom stereocenters. The van der Waals surface area contributed by atoms with Crippen molar-refractivity contribution in [2.75, 3.05) is 7.11 Å². The zero-order chi connectivity index (χ0) is 15.1. The largest absolute Gasteiger partial charge is 0.494 e. The first kappa shape index (κ1) is 14.8. The Balaban J connectivity index is 1.80. The van der Waals surface area contributed by atoms with Crippen LogP contribution in [0.2, 0.25) is 0 Å². The Bertz CT molecular complexity index is 602. The van der Waals surface area contributed by atoms with Gasteiger partial charge in [-0.1, -0.05) is 36.4 Å². The van der Waals surface area contributed by atoms with E-state index in [2.05, 4.69) is 10.6 Å². The van der Waals surface area contributed by atoms with Crippen molar-refractivity contribution < 1.29 is 13.9 Å². The van der Waals surface area contributed by atoms with Crippen molar-refractivity contribution in [1.82, 2.24) is 10.6 Å². The number of carbonyl (C=O) groups excluding carboxylic acids is 1. The Morgan fingerprint density at radius 1 is 1.05 bits per heavy atom. The van der Waals surface area contributed by atoms with Crippen LogP contribution in [0.15, 0.2) is 48.5 Å². The maximum Gasteiger partial charge on any atom is 0.315 e. The van der Waals surface area contributed by atoms with Gasteiger partial charge in [-0.3, -0.25) is 0 Å². The van der Waals surface area contributed by atoms with Gasteiger partial charge in [0.2, 0.25) is 0 Å². The van der Waals surface area contributed by atoms with Crippen molar-refractivity contribution in [3.8, 4) is 5.75 Å². The van der Waals surface area contributed by atoms with Gasteiger partial charge in [0.15, 0.2) is 11.6 Å². The number of methoxy groups -OCH3 is 1. The molecule has 2 amide bonds. The number of carbonyl (C=O) groups is 1. The van der Waals surface area contributed by atoms with E-state index >= 15 is 0 Å². The first-order valence-corrected chi connectivity index (χ1v) is 6.57. The van der Waals surface area contributed by atoms with Crippen LogP contribution >= 0.6 is 0 Å². The fraction of sp³-hybridized carbons (Fsp3) is 0.188. The molecule has 0 heterocycles. The molecule has 21 heavy (non-hydrogen) atoms. The average Bonchev–Trinajstić information content (AvgIpc) is 2.52. The number of amides is 2. The van der Waals surface area contributed by atoms with E-state index < -0.39 is 5.82 Å². The lowest BCUT2D eigenvalue weighted by Crippen LogP contribution is -2.34. The maximum atomic E-state index is 13.5. The summed E-state index contributed by atoms with van der Waals surface area (Å²) in [5.41, 5.74) is 1.69. The molecule has 2 aromatic carbocycles. The molecule has 0 aliphatic rings. The second kappa shape index (κ2) is 7.28. The monoisotopic (exact) mass is 288 g/mol. The van der Waals surface area contributed by atoms with Gasteiger partial charge in [0.1, 0.15) is 0 Å². The second-order valence-corrected chi connectivity index (χ2v) is 4.49. The molecule has 0 atom stereocenters. The van der Waals surface area contributed by atoms with Gasteiger partial charge in [0.05, 0.1) is 7.11 Å². The topological polar surface area (TPSA) is 50.4 Å². The Morgan fingerprint density at radius 2 is 1.71 bits per heavy atom. The van der Waals surface area contributed by atoms with Crippen LogP contribution < -0.4 is 15.4 Å². The number of hydrogen-bond acceptors (Lipinski definition) is 2. The van der Waals surface area contributed by atoms with Gasteiger partial charge in [-0.15, -0.1) is 0 Å². The smallest absolute Gasteiger partial charge is 0.315 e. The summed E-state index contributed by atoms with van der Waals surface area (Å²) in [6.07, 6.45) is 0. The molecule has 2 rings (SSSR count). The van der Waals surface area contributed by atoms with Crippen molar-refractivity contribution in [2.24, 2.45) is 0 Å². The molecular weight excluding hydrogens is 271 g/mol. The van der Waals surface area contributed by atoms with Gasteiger partial charge >= 0.3 is 6.03 Å². The van der Waals surface area contributed by atoms with Gasteiger partial charge in [-0.2, -0.15) is 0 Å². The Morgan fingerprint density at radius 3 is 2.33 bits per heavy atom. The highest BCUT2D eigenvalue weighted by atomic mass is 19.1. The molecule has 4 nitrogen and oxygen atoms in total. The van der Waals surface area contributed by atoms with E-state index in [4.69, 9.17) is 4.74 Å². The molecule has 0 aromatic heterocycles. The highest BCUT2D eigenvalue weighted by Crippen LogP contribution is 2.17. The lowest BCUT2D eigenvalue weighted by molar-refractivity contribution is 0.240. The number of rotatable bonds is 5. The molecule has 0 saturated carbocycles. The molecule has 0 radical (unpaired) electrons. The number of halogens is 1. The number of ether oxygens (including phenoxy) is 1. The van der Waals surface area contributed by atoms with Gasteiger partial charge in [-0.05, 0) is 23.3 Å². The molecule has 0 aliphatic heterocycles. The van der Waals surface area contributed by atoms with Gasteiger partial charge in [0.25, 0.3) is 0 Å². The molecule has 110 valence electrons. The van der Waals surface area contributed by atoms with E-state index in [1.54, 1.807) is 6.07 Å². The molecule has 0 bridgehead atoms. The molecule has 0 spiro atoms. The fourth-order valence-corrected chi connectivity index (χ4v) is 1.84. The highest BCUT2D eigenvalue weighted by molar-refractivity contribution is 5.73. The fourth-order valence-electron chi connectivity index (χ4n) is 1.84. The van der Waals surface area contributed by atoms with Crippen molar-refractivity contribution in [1.29, 1.82) is 0 Å². The van der Waals surface area contributed by atoms with Crippen LogP contribution in [0, 0.1) is 5.82 Å². The minimum atomic E-state index is -0.443. The summed E-state index contributed by atoms with van der Waals surface area (Å²) in [6.45, 7) is 0.700. The zero-order valence-electron chi connectivity index (χ0n) is 11.7. The van der Waals surface area contributed by atoms with Gasteiger partial charge in [0, 0.05) is 13.1 Å². The SMILES string of the molecule is COc1ccc(CNC(=O)NCc2ccccc2)cc1F. The molecule has 0 fully saturated rings. The summed E-state index contributed by atoms with van der Waals surface area (Å²) < 4.78 is 18.3. The second-order valence-electron chi connectivity index (χ2n) is 4.49. The van der Waals surface area contributed by atoms with Crippen molar-refractivity contribution in [3.05, 3.63) is 65.5 Å². The normalized spacial score (nSPS) is 10.0. The van der Waals surface area contributed by atoms with Crippen LogP contribution in [0.1, 0.15) is 11.1 Å². The lowest BCUT2D eigenvalue weighted by Gasteiger charge is -2.09. The van der Waals surface area contributed by atoms with Gasteiger partial charge in [-0.25, -0.2) is 9.18 Å². The molecule has 0 saturated heterocycles. The maximum absolute atomic E-state index is 13.5. The van der Waals surface area contributed by atoms with E-state index in [9.17, 15) is 9.18 Å². The van der Waals surface area contributed by atoms with E-state index in [0.29, 0.717) is 12.1 Å². The van der Waals surface area contributed by atoms with Crippen LogP contribution in [0.4, 0.5) is 9.18 Å². The summed E-state index contributed by atoms with van der Waals surface area (Å²) in [5, 5.41) is 5.41. The van der Waals surface area contributed by atoms with Crippen molar-refractivity contribution >= 4 is 6.03 Å². The molecular formula is C16H17FN2O2. The molecule has 2 N–H and O–H groups in total. The first-order valence-electron chi connectivity index (χ1n) is 6.57. The van der Waals surface area contributed by atoms with Crippen LogP contribution in [-0.4, -0.2) is 13.1 Å². The summed E-state index contributed by atoms with van der Waals surface area (Å²) in [7, 11) is 1.41. The molecule has 5 heteroatoms. The number of urea groups is 1. The van der Waals surface area contributed by atoms with Crippen LogP contribution in [0.3, 0.4) is 0 Å². The summed E-state index contributed by atoms with van der Waals surface area (Å²) >= 11 is 0. The lowest BCUT2D eigenvalue weighted by atomic mass is 10.2. The number of nitrogens with one attached hydrogen (secondary N) is 2.